The van der Waals surface area contributed by atoms with Crippen molar-refractivity contribution in [3.05, 3.63) is 0 Å². The highest BCUT2D eigenvalue weighted by Gasteiger charge is 2.40. The molecule has 1 N–H and O–H groups in total. The number of methoxy groups -OCH3 is 1. The third-order valence-electron chi connectivity index (χ3n) is 1.37. The van der Waals surface area contributed by atoms with Crippen molar-refractivity contribution >= 4 is 11.9 Å². The van der Waals surface area contributed by atoms with Gasteiger partial charge in [-0.3, -0.25) is 4.79 Å². The van der Waals surface area contributed by atoms with E-state index in [4.69, 9.17) is 6.42 Å². The van der Waals surface area contributed by atoms with E-state index in [-0.39, 0.29) is 6.42 Å². The molecule has 0 bridgehead atoms. The van der Waals surface area contributed by atoms with Gasteiger partial charge < -0.3 is 10.1 Å². The normalized spacial score (nSPS) is 12.5. The summed E-state index contributed by atoms with van der Waals surface area (Å²) in [5, 5.41) is 1.43. The number of ether oxygens (including phenoxy) is 1. The minimum atomic E-state index is -5.05. The molecule has 0 radical (unpaired) electrons. The Bertz CT molecular complexity index is 292. The molecule has 0 aromatic rings. The highest BCUT2D eigenvalue weighted by molar-refractivity contribution is 5.87. The van der Waals surface area contributed by atoms with Crippen LogP contribution in [0.15, 0.2) is 0 Å². The number of alkyl halides is 3. The van der Waals surface area contributed by atoms with Crippen molar-refractivity contribution in [2.75, 3.05) is 7.11 Å². The molecule has 0 unspecified atom stereocenters. The van der Waals surface area contributed by atoms with Crippen LogP contribution in [0.3, 0.4) is 0 Å². The maximum absolute atomic E-state index is 11.8. The molecule has 0 aliphatic carbocycles. The SMILES string of the molecule is C#CC[C@H](NC(=O)C(F)(F)F)C(=O)OC. The van der Waals surface area contributed by atoms with Crippen LogP contribution in [0.2, 0.25) is 0 Å². The molecule has 0 saturated carbocycles. The van der Waals surface area contributed by atoms with Crippen molar-refractivity contribution < 1.29 is 27.5 Å². The van der Waals surface area contributed by atoms with Crippen LogP contribution in [-0.2, 0) is 14.3 Å². The number of terminal acetylenes is 1. The van der Waals surface area contributed by atoms with Crippen LogP contribution >= 0.6 is 0 Å². The molecule has 0 heterocycles. The summed E-state index contributed by atoms with van der Waals surface area (Å²) in [4.78, 5) is 21.3. The van der Waals surface area contributed by atoms with E-state index in [1.54, 1.807) is 0 Å². The van der Waals surface area contributed by atoms with Gasteiger partial charge in [-0.15, -0.1) is 12.3 Å². The number of nitrogens with one attached hydrogen (secondary N) is 1. The topological polar surface area (TPSA) is 55.4 Å². The summed E-state index contributed by atoms with van der Waals surface area (Å²) < 4.78 is 39.6. The summed E-state index contributed by atoms with van der Waals surface area (Å²) in [5.41, 5.74) is 0. The number of halogens is 3. The van der Waals surface area contributed by atoms with Gasteiger partial charge in [0, 0.05) is 6.42 Å². The van der Waals surface area contributed by atoms with E-state index in [0.29, 0.717) is 0 Å². The Morgan fingerprint density at radius 3 is 2.40 bits per heavy atom. The summed E-state index contributed by atoms with van der Waals surface area (Å²) in [5.74, 6) is -1.29. The second-order valence-electron chi connectivity index (χ2n) is 2.46. The van der Waals surface area contributed by atoms with Crippen LogP contribution in [0.4, 0.5) is 13.2 Å². The number of esters is 1. The number of hydrogen-bond acceptors (Lipinski definition) is 3. The van der Waals surface area contributed by atoms with Gasteiger partial charge in [0.2, 0.25) is 0 Å². The number of hydrogen-bond donors (Lipinski definition) is 1. The summed E-state index contributed by atoms with van der Waals surface area (Å²) >= 11 is 0. The van der Waals surface area contributed by atoms with Crippen LogP contribution in [0.1, 0.15) is 6.42 Å². The highest BCUT2D eigenvalue weighted by atomic mass is 19.4. The Kier molecular flexibility index (Phi) is 4.64. The number of carbonyl (C=O) groups excluding carboxylic acids is 2. The summed E-state index contributed by atoms with van der Waals surface area (Å²) in [6.45, 7) is 0. The zero-order valence-corrected chi connectivity index (χ0v) is 7.72. The van der Waals surface area contributed by atoms with Gasteiger partial charge in [-0.1, -0.05) is 0 Å². The molecule has 0 aliphatic heterocycles. The smallest absolute Gasteiger partial charge is 0.467 e. The van der Waals surface area contributed by atoms with E-state index < -0.39 is 24.1 Å². The Morgan fingerprint density at radius 2 is 2.07 bits per heavy atom. The molecule has 7 heteroatoms. The fourth-order valence-corrected chi connectivity index (χ4v) is 0.693. The van der Waals surface area contributed by atoms with Gasteiger partial charge in [0.25, 0.3) is 0 Å². The molecule has 0 saturated heterocycles. The predicted molar refractivity (Wildman–Crippen MR) is 43.5 cm³/mol. The quantitative estimate of drug-likeness (QED) is 0.550. The van der Waals surface area contributed by atoms with E-state index in [1.165, 1.54) is 5.32 Å². The Labute approximate surface area is 83.8 Å². The average molecular weight is 223 g/mol. The zero-order chi connectivity index (χ0) is 12.1. The monoisotopic (exact) mass is 223 g/mol. The molecular weight excluding hydrogens is 215 g/mol. The largest absolute Gasteiger partial charge is 0.471 e. The molecule has 1 amide bonds. The minimum absolute atomic E-state index is 0.367. The first-order valence-electron chi connectivity index (χ1n) is 3.72. The van der Waals surface area contributed by atoms with Crippen LogP contribution < -0.4 is 5.32 Å². The zero-order valence-electron chi connectivity index (χ0n) is 7.72. The molecule has 0 spiro atoms. The lowest BCUT2D eigenvalue weighted by molar-refractivity contribution is -0.175. The number of rotatable bonds is 3. The lowest BCUT2D eigenvalue weighted by Crippen LogP contribution is -2.47. The van der Waals surface area contributed by atoms with Crippen LogP contribution in [-0.4, -0.2) is 31.2 Å². The first-order valence-corrected chi connectivity index (χ1v) is 3.72. The molecule has 4 nitrogen and oxygen atoms in total. The first-order chi connectivity index (χ1) is 6.82. The van der Waals surface area contributed by atoms with Gasteiger partial charge in [0.15, 0.2) is 0 Å². The standard InChI is InChI=1S/C8H8F3NO3/c1-3-4-5(6(13)15-2)12-7(14)8(9,10)11/h1,5H,4H2,2H3,(H,12,14)/t5-/m0/s1. The fraction of sp³-hybridized carbons (Fsp3) is 0.500. The molecular formula is C8H8F3NO3. The summed E-state index contributed by atoms with van der Waals surface area (Å²) in [6, 6.07) is -1.48. The number of amides is 1. The Hall–Kier alpha value is -1.71. The third kappa shape index (κ3) is 4.35. The van der Waals surface area contributed by atoms with Crippen molar-refractivity contribution in [1.82, 2.24) is 5.32 Å². The Balaban J connectivity index is 4.50. The Morgan fingerprint density at radius 1 is 1.53 bits per heavy atom. The van der Waals surface area contributed by atoms with E-state index >= 15 is 0 Å². The lowest BCUT2D eigenvalue weighted by Gasteiger charge is -2.14. The first kappa shape index (κ1) is 13.3. The second-order valence-corrected chi connectivity index (χ2v) is 2.46. The molecule has 0 aliphatic rings. The van der Waals surface area contributed by atoms with Crippen molar-refractivity contribution in [3.63, 3.8) is 0 Å². The van der Waals surface area contributed by atoms with Crippen molar-refractivity contribution in [2.24, 2.45) is 0 Å². The minimum Gasteiger partial charge on any atom is -0.467 e. The van der Waals surface area contributed by atoms with Crippen molar-refractivity contribution in [3.8, 4) is 12.3 Å². The average Bonchev–Trinajstić information content (AvgIpc) is 2.14. The number of carbonyl (C=O) groups is 2. The molecule has 84 valence electrons. The van der Waals surface area contributed by atoms with Crippen LogP contribution in [0.25, 0.3) is 0 Å². The summed E-state index contributed by atoms with van der Waals surface area (Å²) in [6.07, 6.45) is -0.605. The van der Waals surface area contributed by atoms with Crippen molar-refractivity contribution in [1.29, 1.82) is 0 Å². The maximum Gasteiger partial charge on any atom is 0.471 e. The van der Waals surface area contributed by atoms with Crippen LogP contribution in [0.5, 0.6) is 0 Å². The predicted octanol–water partition coefficient (Wildman–Crippen LogP) is 0.230. The van der Waals surface area contributed by atoms with Crippen molar-refractivity contribution in [2.45, 2.75) is 18.6 Å². The van der Waals surface area contributed by atoms with Gasteiger partial charge in [0.1, 0.15) is 6.04 Å². The molecule has 0 fully saturated rings. The molecule has 0 aromatic heterocycles. The fourth-order valence-electron chi connectivity index (χ4n) is 0.693. The van der Waals surface area contributed by atoms with Crippen LogP contribution in [0, 0.1) is 12.3 Å². The van der Waals surface area contributed by atoms with Gasteiger partial charge in [-0.25, -0.2) is 4.79 Å². The molecule has 0 rings (SSSR count). The third-order valence-corrected chi connectivity index (χ3v) is 1.37. The maximum atomic E-state index is 11.8. The second kappa shape index (κ2) is 5.24. The van der Waals surface area contributed by atoms with Gasteiger partial charge in [-0.05, 0) is 0 Å². The highest BCUT2D eigenvalue weighted by Crippen LogP contribution is 2.14. The molecule has 15 heavy (non-hydrogen) atoms. The molecule has 0 aromatic carbocycles. The van der Waals surface area contributed by atoms with Gasteiger partial charge >= 0.3 is 18.1 Å². The van der Waals surface area contributed by atoms with Gasteiger partial charge in [-0.2, -0.15) is 13.2 Å². The van der Waals surface area contributed by atoms with E-state index in [0.717, 1.165) is 7.11 Å². The summed E-state index contributed by atoms with van der Waals surface area (Å²) in [7, 11) is 0.978. The molecule has 1 atom stereocenters. The lowest BCUT2D eigenvalue weighted by atomic mass is 10.2. The van der Waals surface area contributed by atoms with E-state index in [9.17, 15) is 22.8 Å². The van der Waals surface area contributed by atoms with Gasteiger partial charge in [0.05, 0.1) is 7.11 Å². The van der Waals surface area contributed by atoms with E-state index in [2.05, 4.69) is 4.74 Å². The van der Waals surface area contributed by atoms with E-state index in [1.807, 2.05) is 5.92 Å².